The second kappa shape index (κ2) is 8.27. The summed E-state index contributed by atoms with van der Waals surface area (Å²) in [7, 11) is -3.63. The number of allylic oxidation sites excluding steroid dienone is 5. The maximum absolute atomic E-state index is 11.1. The summed E-state index contributed by atoms with van der Waals surface area (Å²) in [4.78, 5) is 0.187. The summed E-state index contributed by atoms with van der Waals surface area (Å²) in [5.74, 6) is 0. The van der Waals surface area contributed by atoms with Crippen molar-refractivity contribution in [3.05, 3.63) is 35.3 Å². The SMILES string of the molecule is CC=CC=CCCC(=CCCO)S(N)(=O)=O. The van der Waals surface area contributed by atoms with Crippen molar-refractivity contribution in [1.29, 1.82) is 0 Å². The van der Waals surface area contributed by atoms with Crippen molar-refractivity contribution in [1.82, 2.24) is 0 Å². The molecular weight excluding hydrogens is 226 g/mol. The molecule has 0 saturated carbocycles. The van der Waals surface area contributed by atoms with E-state index in [9.17, 15) is 8.42 Å². The van der Waals surface area contributed by atoms with E-state index >= 15 is 0 Å². The number of hydrogen-bond donors (Lipinski definition) is 2. The highest BCUT2D eigenvalue weighted by Gasteiger charge is 2.09. The molecule has 4 nitrogen and oxygen atoms in total. The highest BCUT2D eigenvalue weighted by atomic mass is 32.2. The van der Waals surface area contributed by atoms with Gasteiger partial charge in [0, 0.05) is 6.61 Å². The number of aliphatic hydroxyl groups is 1. The number of nitrogens with two attached hydrogens (primary N) is 1. The van der Waals surface area contributed by atoms with Gasteiger partial charge in [0.05, 0.1) is 4.91 Å². The third kappa shape index (κ3) is 7.39. The summed E-state index contributed by atoms with van der Waals surface area (Å²) >= 11 is 0. The van der Waals surface area contributed by atoms with Crippen LogP contribution >= 0.6 is 0 Å². The Morgan fingerprint density at radius 1 is 1.31 bits per heavy atom. The first-order chi connectivity index (χ1) is 7.52. The van der Waals surface area contributed by atoms with Crippen molar-refractivity contribution in [3.63, 3.8) is 0 Å². The molecule has 0 unspecified atom stereocenters. The molecule has 0 heterocycles. The van der Waals surface area contributed by atoms with Gasteiger partial charge in [-0.25, -0.2) is 13.6 Å². The first kappa shape index (κ1) is 15.1. The maximum Gasteiger partial charge on any atom is 0.233 e. The molecule has 0 atom stereocenters. The molecule has 0 rings (SSSR count). The van der Waals surface area contributed by atoms with Crippen LogP contribution in [0.5, 0.6) is 0 Å². The van der Waals surface area contributed by atoms with Crippen molar-refractivity contribution in [3.8, 4) is 0 Å². The molecule has 0 aromatic rings. The average Bonchev–Trinajstić information content (AvgIpc) is 2.20. The zero-order valence-corrected chi connectivity index (χ0v) is 10.3. The molecule has 0 bridgehead atoms. The summed E-state index contributed by atoms with van der Waals surface area (Å²) in [5, 5.41) is 13.7. The number of aliphatic hydroxyl groups excluding tert-OH is 1. The lowest BCUT2D eigenvalue weighted by atomic mass is 10.2. The lowest BCUT2D eigenvalue weighted by molar-refractivity contribution is 0.302. The predicted octanol–water partition coefficient (Wildman–Crippen LogP) is 1.45. The van der Waals surface area contributed by atoms with Crippen LogP contribution in [0.1, 0.15) is 26.2 Å². The average molecular weight is 245 g/mol. The van der Waals surface area contributed by atoms with Crippen LogP contribution in [0.3, 0.4) is 0 Å². The van der Waals surface area contributed by atoms with Crippen molar-refractivity contribution in [2.75, 3.05) is 6.61 Å². The van der Waals surface area contributed by atoms with Crippen molar-refractivity contribution >= 4 is 10.0 Å². The lowest BCUT2D eigenvalue weighted by Gasteiger charge is -2.02. The second-order valence-corrected chi connectivity index (χ2v) is 4.83. The minimum Gasteiger partial charge on any atom is -0.396 e. The molecule has 0 fully saturated rings. The van der Waals surface area contributed by atoms with Gasteiger partial charge in [0.25, 0.3) is 0 Å². The minimum absolute atomic E-state index is 0.0760. The van der Waals surface area contributed by atoms with Gasteiger partial charge in [-0.05, 0) is 26.2 Å². The van der Waals surface area contributed by atoms with Crippen LogP contribution in [-0.4, -0.2) is 20.1 Å². The largest absolute Gasteiger partial charge is 0.396 e. The minimum atomic E-state index is -3.63. The zero-order valence-electron chi connectivity index (χ0n) is 9.46. The third-order valence-electron chi connectivity index (χ3n) is 1.86. The van der Waals surface area contributed by atoms with E-state index in [4.69, 9.17) is 10.2 Å². The van der Waals surface area contributed by atoms with E-state index in [-0.39, 0.29) is 11.5 Å². The molecule has 0 saturated heterocycles. The van der Waals surface area contributed by atoms with Gasteiger partial charge in [-0.1, -0.05) is 30.4 Å². The van der Waals surface area contributed by atoms with Crippen LogP contribution in [-0.2, 0) is 10.0 Å². The smallest absolute Gasteiger partial charge is 0.233 e. The molecule has 0 aliphatic rings. The lowest BCUT2D eigenvalue weighted by Crippen LogP contribution is -2.14. The Bertz CT molecular complexity index is 367. The second-order valence-electron chi connectivity index (χ2n) is 3.22. The summed E-state index contributed by atoms with van der Waals surface area (Å²) in [6, 6.07) is 0. The number of primary sulfonamides is 1. The van der Waals surface area contributed by atoms with Crippen molar-refractivity contribution < 1.29 is 13.5 Å². The summed E-state index contributed by atoms with van der Waals surface area (Å²) in [6.45, 7) is 1.83. The fourth-order valence-corrected chi connectivity index (χ4v) is 1.85. The van der Waals surface area contributed by atoms with Gasteiger partial charge >= 0.3 is 0 Å². The quantitative estimate of drug-likeness (QED) is 0.666. The van der Waals surface area contributed by atoms with Crippen molar-refractivity contribution in [2.45, 2.75) is 26.2 Å². The standard InChI is InChI=1S/C11H19NO3S/c1-2-3-4-5-6-8-11(9-7-10-13)16(12,14)15/h2-5,9,13H,6-8,10H2,1H3,(H2,12,14,15). The molecule has 16 heavy (non-hydrogen) atoms. The third-order valence-corrected chi connectivity index (χ3v) is 2.97. The molecule has 92 valence electrons. The van der Waals surface area contributed by atoms with E-state index in [0.717, 1.165) is 0 Å². The summed E-state index contributed by atoms with van der Waals surface area (Å²) < 4.78 is 22.3. The molecule has 0 aliphatic carbocycles. The van der Waals surface area contributed by atoms with Crippen LogP contribution in [0.15, 0.2) is 35.3 Å². The molecule has 0 aromatic heterocycles. The first-order valence-electron chi connectivity index (χ1n) is 5.13. The fourth-order valence-electron chi connectivity index (χ4n) is 1.10. The monoisotopic (exact) mass is 245 g/mol. The number of sulfonamides is 1. The molecular formula is C11H19NO3S. The van der Waals surface area contributed by atoms with Gasteiger partial charge in [0.1, 0.15) is 0 Å². The van der Waals surface area contributed by atoms with Crippen molar-refractivity contribution in [2.24, 2.45) is 5.14 Å². The van der Waals surface area contributed by atoms with Gasteiger partial charge in [-0.2, -0.15) is 0 Å². The van der Waals surface area contributed by atoms with Gasteiger partial charge < -0.3 is 5.11 Å². The van der Waals surface area contributed by atoms with Crippen LogP contribution in [0.25, 0.3) is 0 Å². The Kier molecular flexibility index (Phi) is 7.80. The zero-order chi connectivity index (χ0) is 12.4. The normalized spacial score (nSPS) is 14.1. The molecule has 3 N–H and O–H groups in total. The van der Waals surface area contributed by atoms with E-state index in [1.807, 2.05) is 31.2 Å². The van der Waals surface area contributed by atoms with E-state index in [0.29, 0.717) is 19.3 Å². The fraction of sp³-hybridized carbons (Fsp3) is 0.455. The van der Waals surface area contributed by atoms with Gasteiger partial charge in [-0.15, -0.1) is 0 Å². The van der Waals surface area contributed by atoms with Gasteiger partial charge in [0.2, 0.25) is 10.0 Å². The Morgan fingerprint density at radius 2 is 2.00 bits per heavy atom. The van der Waals surface area contributed by atoms with Gasteiger partial charge in [0.15, 0.2) is 0 Å². The topological polar surface area (TPSA) is 80.4 Å². The number of rotatable bonds is 7. The first-order valence-corrected chi connectivity index (χ1v) is 6.67. The Morgan fingerprint density at radius 3 is 2.50 bits per heavy atom. The van der Waals surface area contributed by atoms with E-state index in [1.54, 1.807) is 0 Å². The summed E-state index contributed by atoms with van der Waals surface area (Å²) in [6.07, 6.45) is 10.2. The number of hydrogen-bond acceptors (Lipinski definition) is 3. The maximum atomic E-state index is 11.1. The van der Waals surface area contributed by atoms with E-state index in [1.165, 1.54) is 6.08 Å². The Hall–Kier alpha value is -0.910. The van der Waals surface area contributed by atoms with Crippen LogP contribution in [0.4, 0.5) is 0 Å². The van der Waals surface area contributed by atoms with Crippen LogP contribution in [0, 0.1) is 0 Å². The summed E-state index contributed by atoms with van der Waals surface area (Å²) in [5.41, 5.74) is 0. The highest BCUT2D eigenvalue weighted by molar-refractivity contribution is 7.93. The molecule has 0 aliphatic heterocycles. The molecule has 5 heteroatoms. The highest BCUT2D eigenvalue weighted by Crippen LogP contribution is 2.11. The molecule has 0 aromatic carbocycles. The van der Waals surface area contributed by atoms with Gasteiger partial charge in [-0.3, -0.25) is 0 Å². The molecule has 0 radical (unpaired) electrons. The molecule has 0 spiro atoms. The Labute approximate surface area is 97.2 Å². The van der Waals surface area contributed by atoms with E-state index < -0.39 is 10.0 Å². The molecule has 0 amide bonds. The van der Waals surface area contributed by atoms with Crippen LogP contribution < -0.4 is 5.14 Å². The Balaban J connectivity index is 4.36. The van der Waals surface area contributed by atoms with E-state index in [2.05, 4.69) is 0 Å². The van der Waals surface area contributed by atoms with Crippen LogP contribution in [0.2, 0.25) is 0 Å². The predicted molar refractivity (Wildman–Crippen MR) is 66.1 cm³/mol.